The third-order valence-electron chi connectivity index (χ3n) is 9.32. The first kappa shape index (κ1) is 26.9. The van der Waals surface area contributed by atoms with Crippen LogP contribution in [0, 0.1) is 17.2 Å². The molecule has 0 amide bonds. The normalized spacial score (nSPS) is 23.9. The molecule has 2 aliphatic carbocycles. The van der Waals surface area contributed by atoms with Crippen LogP contribution in [0.25, 0.3) is 11.8 Å². The van der Waals surface area contributed by atoms with Gasteiger partial charge in [-0.25, -0.2) is 18.4 Å². The van der Waals surface area contributed by atoms with Gasteiger partial charge in [0.25, 0.3) is 0 Å². The molecule has 1 N–H and O–H groups in total. The van der Waals surface area contributed by atoms with Crippen molar-refractivity contribution in [3.8, 4) is 5.69 Å². The average molecular weight is 580 g/mol. The Balaban J connectivity index is 1.20. The van der Waals surface area contributed by atoms with E-state index in [1.165, 1.54) is 36.8 Å². The fourth-order valence-electron chi connectivity index (χ4n) is 6.62. The lowest BCUT2D eigenvalue weighted by Crippen LogP contribution is -2.59. The second-order valence-electron chi connectivity index (χ2n) is 12.4. The minimum absolute atomic E-state index is 0.282. The first-order chi connectivity index (χ1) is 19.7. The van der Waals surface area contributed by atoms with E-state index in [4.69, 9.17) is 4.74 Å². The number of aromatic nitrogens is 3. The van der Waals surface area contributed by atoms with Crippen LogP contribution in [0.2, 0.25) is 0 Å². The Labute approximate surface area is 240 Å². The molecule has 10 heteroatoms. The van der Waals surface area contributed by atoms with E-state index in [-0.39, 0.29) is 5.82 Å². The van der Waals surface area contributed by atoms with Crippen molar-refractivity contribution in [3.63, 3.8) is 0 Å². The minimum Gasteiger partial charge on any atom is -0.380 e. The van der Waals surface area contributed by atoms with Gasteiger partial charge in [-0.05, 0) is 92.5 Å². The molecule has 4 heterocycles. The van der Waals surface area contributed by atoms with Crippen LogP contribution in [-0.4, -0.2) is 73.5 Å². The monoisotopic (exact) mass is 579 g/mol. The molecule has 1 saturated carbocycles. The van der Waals surface area contributed by atoms with Crippen molar-refractivity contribution in [1.29, 1.82) is 0 Å². The van der Waals surface area contributed by atoms with Crippen LogP contribution in [0.15, 0.2) is 59.3 Å². The summed E-state index contributed by atoms with van der Waals surface area (Å²) in [6, 6.07) is 10.0. The quantitative estimate of drug-likeness (QED) is 0.406. The van der Waals surface area contributed by atoms with Crippen molar-refractivity contribution in [2.75, 3.05) is 50.5 Å². The van der Waals surface area contributed by atoms with Gasteiger partial charge in [0.05, 0.1) is 35.3 Å². The molecule has 1 atom stereocenters. The highest BCUT2D eigenvalue weighted by Crippen LogP contribution is 2.48. The summed E-state index contributed by atoms with van der Waals surface area (Å²) in [4.78, 5) is 7.18. The molecule has 2 aromatic heterocycles. The van der Waals surface area contributed by atoms with Gasteiger partial charge >= 0.3 is 0 Å². The Bertz CT molecular complexity index is 1540. The summed E-state index contributed by atoms with van der Waals surface area (Å²) in [7, 11) is -4.39. The van der Waals surface area contributed by atoms with E-state index in [0.29, 0.717) is 43.4 Å². The Kier molecular flexibility index (Phi) is 6.46. The Morgan fingerprint density at radius 3 is 2.59 bits per heavy atom. The molecule has 1 aromatic carbocycles. The summed E-state index contributed by atoms with van der Waals surface area (Å²) in [6.07, 6.45) is 13.1. The molecular weight excluding hydrogens is 541 g/mol. The number of rotatable bonds is 8. The smallest absolute Gasteiger partial charge is 0.128 e. The third kappa shape index (κ3) is 4.94. The van der Waals surface area contributed by atoms with Gasteiger partial charge in [-0.1, -0.05) is 5.57 Å². The second kappa shape index (κ2) is 9.83. The fraction of sp³-hybridized carbons (Fsp3) is 0.484. The molecule has 4 aliphatic rings. The van der Waals surface area contributed by atoms with Crippen LogP contribution in [0.4, 0.5) is 10.2 Å². The molecule has 8 nitrogen and oxygen atoms in total. The first-order valence-corrected chi connectivity index (χ1v) is 17.0. The SMILES string of the molecule is CS(=O)(O)(c1ccc(N2CCCC2)nc1)N1CCC2=Cc3c(cnn3-c3ccc(F)cc3)CC2(COCC2CC2)C1. The molecule has 218 valence electrons. The number of hydrogen-bond acceptors (Lipinski definition) is 5. The molecule has 41 heavy (non-hydrogen) atoms. The molecule has 3 aromatic rings. The largest absolute Gasteiger partial charge is 0.380 e. The van der Waals surface area contributed by atoms with E-state index in [1.807, 2.05) is 16.9 Å². The van der Waals surface area contributed by atoms with E-state index in [0.717, 1.165) is 55.3 Å². The average Bonchev–Trinajstić information content (AvgIpc) is 3.45. The van der Waals surface area contributed by atoms with Crippen molar-refractivity contribution >= 4 is 21.4 Å². The molecule has 0 spiro atoms. The zero-order chi connectivity index (χ0) is 28.3. The highest BCUT2D eigenvalue weighted by atomic mass is 32.3. The number of fused-ring (bicyclic) bond motifs is 2. The number of benzene rings is 1. The van der Waals surface area contributed by atoms with E-state index in [2.05, 4.69) is 21.1 Å². The molecule has 0 bridgehead atoms. The van der Waals surface area contributed by atoms with E-state index < -0.39 is 14.9 Å². The number of pyridine rings is 1. The number of ether oxygens (including phenoxy) is 1. The van der Waals surface area contributed by atoms with Crippen LogP contribution in [0.5, 0.6) is 0 Å². The Morgan fingerprint density at radius 1 is 1.10 bits per heavy atom. The number of anilines is 1. The van der Waals surface area contributed by atoms with Crippen molar-refractivity contribution in [3.05, 3.63) is 71.4 Å². The van der Waals surface area contributed by atoms with Crippen molar-refractivity contribution < 1.29 is 17.9 Å². The van der Waals surface area contributed by atoms with Gasteiger partial charge in [0.2, 0.25) is 0 Å². The number of nitrogens with zero attached hydrogens (tertiary/aromatic N) is 5. The predicted octanol–water partition coefficient (Wildman–Crippen LogP) is 4.96. The van der Waals surface area contributed by atoms with E-state index in [9.17, 15) is 13.2 Å². The fourth-order valence-corrected chi connectivity index (χ4v) is 8.66. The zero-order valence-corrected chi connectivity index (χ0v) is 24.4. The maximum atomic E-state index is 14.6. The van der Waals surface area contributed by atoms with Crippen LogP contribution in [0.1, 0.15) is 43.4 Å². The molecule has 0 radical (unpaired) electrons. The van der Waals surface area contributed by atoms with Crippen molar-refractivity contribution in [1.82, 2.24) is 19.1 Å². The van der Waals surface area contributed by atoms with Crippen LogP contribution in [-0.2, 0) is 20.7 Å². The lowest BCUT2D eigenvalue weighted by Gasteiger charge is -2.55. The summed E-state index contributed by atoms with van der Waals surface area (Å²) >= 11 is 0. The topological polar surface area (TPSA) is 83.7 Å². The number of hydrogen-bond donors (Lipinski definition) is 1. The molecule has 7 rings (SSSR count). The van der Waals surface area contributed by atoms with Gasteiger partial charge in [0.1, 0.15) is 11.6 Å². The van der Waals surface area contributed by atoms with Gasteiger partial charge in [-0.2, -0.15) is 9.31 Å². The van der Waals surface area contributed by atoms with Crippen LogP contribution < -0.4 is 4.90 Å². The lowest BCUT2D eigenvalue weighted by atomic mass is 9.69. The van der Waals surface area contributed by atoms with Crippen molar-refractivity contribution in [2.45, 2.75) is 43.4 Å². The van der Waals surface area contributed by atoms with Gasteiger partial charge in [-0.15, -0.1) is 9.53 Å². The maximum Gasteiger partial charge on any atom is 0.128 e. The summed E-state index contributed by atoms with van der Waals surface area (Å²) in [5.74, 6) is 1.21. The Morgan fingerprint density at radius 2 is 1.88 bits per heavy atom. The van der Waals surface area contributed by atoms with Gasteiger partial charge in [-0.3, -0.25) is 4.55 Å². The number of piperidine rings is 1. The standard InChI is InChI=1S/C31H38FN5O3S/c1-41(38,39,28-10-11-30(33-19-28)35-13-2-3-14-35)36-15-12-25-16-29-24(17-31(25,21-36)22-40-20-23-4-5-23)18-34-37(29)27-8-6-26(32)7-9-27/h6-11,16,18-19,23H,2-5,12-15,17,20-22H2,1H3,(H,38,39). The minimum atomic E-state index is -4.39. The first-order valence-electron chi connectivity index (χ1n) is 14.7. The molecule has 1 unspecified atom stereocenters. The molecular formula is C31H38FN5O3S. The Hall–Kier alpha value is -2.92. The summed E-state index contributed by atoms with van der Waals surface area (Å²) < 4.78 is 50.1. The molecule has 2 saturated heterocycles. The lowest BCUT2D eigenvalue weighted by molar-refractivity contribution is 0.0342. The van der Waals surface area contributed by atoms with E-state index in [1.54, 1.807) is 28.7 Å². The summed E-state index contributed by atoms with van der Waals surface area (Å²) in [5.41, 5.74) is 3.62. The maximum absolute atomic E-state index is 14.6. The molecule has 3 fully saturated rings. The van der Waals surface area contributed by atoms with Gasteiger partial charge < -0.3 is 9.64 Å². The van der Waals surface area contributed by atoms with Gasteiger partial charge in [0.15, 0.2) is 0 Å². The van der Waals surface area contributed by atoms with Crippen molar-refractivity contribution in [2.24, 2.45) is 11.3 Å². The second-order valence-corrected chi connectivity index (χ2v) is 15.9. The van der Waals surface area contributed by atoms with Crippen LogP contribution >= 0.6 is 0 Å². The molecule has 2 aliphatic heterocycles. The highest BCUT2D eigenvalue weighted by molar-refractivity contribution is 8.12. The zero-order valence-electron chi connectivity index (χ0n) is 23.5. The highest BCUT2D eigenvalue weighted by Gasteiger charge is 2.48. The predicted molar refractivity (Wildman–Crippen MR) is 158 cm³/mol. The number of halogens is 1. The third-order valence-corrected chi connectivity index (χ3v) is 12.2. The summed E-state index contributed by atoms with van der Waals surface area (Å²) in [5, 5.41) is 4.65. The van der Waals surface area contributed by atoms with Crippen LogP contribution in [0.3, 0.4) is 0 Å². The van der Waals surface area contributed by atoms with E-state index >= 15 is 0 Å². The van der Waals surface area contributed by atoms with Gasteiger partial charge in [0, 0.05) is 44.5 Å². The summed E-state index contributed by atoms with van der Waals surface area (Å²) in [6.45, 7) is 4.01.